The number of aryl methyl sites for hydroxylation is 1. The number of thiazole rings is 1. The molecule has 2 N–H and O–H groups in total. The van der Waals surface area contributed by atoms with Crippen molar-refractivity contribution >= 4 is 17.2 Å². The lowest BCUT2D eigenvalue weighted by molar-refractivity contribution is 0.0994. The quantitative estimate of drug-likeness (QED) is 0.748. The third-order valence-electron chi connectivity index (χ3n) is 3.62. The van der Waals surface area contributed by atoms with E-state index < -0.39 is 5.91 Å². The molecule has 0 saturated heterocycles. The van der Waals surface area contributed by atoms with Crippen molar-refractivity contribution in [3.05, 3.63) is 63.0 Å². The largest absolute Gasteiger partial charge is 0.497 e. The van der Waals surface area contributed by atoms with Crippen LogP contribution >= 0.6 is 11.3 Å². The molecule has 128 valence electrons. The molecule has 0 fully saturated rings. The predicted molar refractivity (Wildman–Crippen MR) is 94.9 cm³/mol. The summed E-state index contributed by atoms with van der Waals surface area (Å²) in [6.45, 7) is 0. The van der Waals surface area contributed by atoms with Gasteiger partial charge in [0.1, 0.15) is 10.8 Å². The summed E-state index contributed by atoms with van der Waals surface area (Å²) in [5.41, 5.74) is 6.52. The molecule has 1 amide bonds. The summed E-state index contributed by atoms with van der Waals surface area (Å²) in [7, 11) is 3.09. The number of aromatic nitrogens is 3. The summed E-state index contributed by atoms with van der Waals surface area (Å²) >= 11 is 1.39. The van der Waals surface area contributed by atoms with Crippen LogP contribution in [0.5, 0.6) is 5.75 Å². The van der Waals surface area contributed by atoms with Gasteiger partial charge >= 0.3 is 0 Å². The molecule has 2 aromatic heterocycles. The Bertz CT molecular complexity index is 994. The van der Waals surface area contributed by atoms with Gasteiger partial charge in [0, 0.05) is 36.2 Å². The van der Waals surface area contributed by atoms with E-state index in [1.807, 2.05) is 24.3 Å². The number of hydrogen-bond acceptors (Lipinski definition) is 6. The average molecular weight is 356 g/mol. The van der Waals surface area contributed by atoms with E-state index in [-0.39, 0.29) is 11.3 Å². The third-order valence-corrected chi connectivity index (χ3v) is 4.65. The first kappa shape index (κ1) is 16.8. The van der Waals surface area contributed by atoms with Crippen LogP contribution < -0.4 is 16.0 Å². The summed E-state index contributed by atoms with van der Waals surface area (Å²) in [5, 5.41) is 4.48. The zero-order valence-corrected chi connectivity index (χ0v) is 14.5. The SMILES string of the molecule is COc1cccc(Cc2cnc(-c3cc(=O)n(C)nc3C(N)=O)s2)c1. The van der Waals surface area contributed by atoms with Gasteiger partial charge in [-0.3, -0.25) is 9.59 Å². The minimum absolute atomic E-state index is 0.0318. The summed E-state index contributed by atoms with van der Waals surface area (Å²) in [6, 6.07) is 9.09. The van der Waals surface area contributed by atoms with Crippen LogP contribution in [0.1, 0.15) is 20.9 Å². The standard InChI is InChI=1S/C17H16N4O3S/c1-21-14(22)8-13(15(20-21)16(18)23)17-19-9-12(25-17)7-10-4-3-5-11(6-10)24-2/h3-6,8-9H,7H2,1-2H3,(H2,18,23). The van der Waals surface area contributed by atoms with Gasteiger partial charge in [-0.15, -0.1) is 11.3 Å². The fraction of sp³-hybridized carbons (Fsp3) is 0.176. The second kappa shape index (κ2) is 6.86. The number of ether oxygens (including phenoxy) is 1. The number of methoxy groups -OCH3 is 1. The highest BCUT2D eigenvalue weighted by molar-refractivity contribution is 7.15. The Morgan fingerprint density at radius 1 is 1.36 bits per heavy atom. The van der Waals surface area contributed by atoms with E-state index in [0.717, 1.165) is 20.9 Å². The maximum absolute atomic E-state index is 11.9. The summed E-state index contributed by atoms with van der Waals surface area (Å²) < 4.78 is 6.30. The zero-order chi connectivity index (χ0) is 18.0. The van der Waals surface area contributed by atoms with Gasteiger partial charge in [0.25, 0.3) is 11.5 Å². The number of primary amides is 1. The predicted octanol–water partition coefficient (Wildman–Crippen LogP) is 1.60. The van der Waals surface area contributed by atoms with Gasteiger partial charge in [0.05, 0.1) is 7.11 Å². The first-order valence-corrected chi connectivity index (χ1v) is 8.25. The molecule has 8 heteroatoms. The lowest BCUT2D eigenvalue weighted by Crippen LogP contribution is -2.25. The van der Waals surface area contributed by atoms with Crippen molar-refractivity contribution in [3.8, 4) is 16.3 Å². The van der Waals surface area contributed by atoms with E-state index in [4.69, 9.17) is 10.5 Å². The molecule has 0 aliphatic heterocycles. The zero-order valence-electron chi connectivity index (χ0n) is 13.7. The van der Waals surface area contributed by atoms with E-state index in [1.54, 1.807) is 13.3 Å². The Balaban J connectivity index is 1.95. The van der Waals surface area contributed by atoms with Crippen LogP contribution in [-0.4, -0.2) is 27.8 Å². The Hall–Kier alpha value is -3.00. The highest BCUT2D eigenvalue weighted by Gasteiger charge is 2.17. The maximum Gasteiger partial charge on any atom is 0.269 e. The van der Waals surface area contributed by atoms with Crippen molar-refractivity contribution in [2.75, 3.05) is 7.11 Å². The Morgan fingerprint density at radius 3 is 2.88 bits per heavy atom. The topological polar surface area (TPSA) is 100 Å². The minimum atomic E-state index is -0.699. The number of nitrogens with two attached hydrogens (primary N) is 1. The lowest BCUT2D eigenvalue weighted by Gasteiger charge is -2.04. The fourth-order valence-corrected chi connectivity index (χ4v) is 3.34. The van der Waals surface area contributed by atoms with E-state index in [1.165, 1.54) is 24.5 Å². The number of amides is 1. The van der Waals surface area contributed by atoms with Crippen LogP contribution in [0.2, 0.25) is 0 Å². The molecule has 1 aromatic carbocycles. The number of carbonyl (C=O) groups excluding carboxylic acids is 1. The second-order valence-electron chi connectivity index (χ2n) is 5.39. The molecule has 0 saturated carbocycles. The highest BCUT2D eigenvalue weighted by Crippen LogP contribution is 2.28. The van der Waals surface area contributed by atoms with Crippen LogP contribution in [0.15, 0.2) is 41.3 Å². The van der Waals surface area contributed by atoms with E-state index in [9.17, 15) is 9.59 Å². The average Bonchev–Trinajstić information content (AvgIpc) is 3.05. The van der Waals surface area contributed by atoms with Gasteiger partial charge in [-0.1, -0.05) is 12.1 Å². The number of hydrogen-bond donors (Lipinski definition) is 1. The molecule has 0 aliphatic rings. The van der Waals surface area contributed by atoms with Gasteiger partial charge < -0.3 is 10.5 Å². The van der Waals surface area contributed by atoms with E-state index in [2.05, 4.69) is 10.1 Å². The molecular formula is C17H16N4O3S. The molecule has 3 rings (SSSR count). The Labute approximate surface area is 147 Å². The fourth-order valence-electron chi connectivity index (χ4n) is 2.38. The van der Waals surface area contributed by atoms with Gasteiger partial charge in [0.2, 0.25) is 0 Å². The van der Waals surface area contributed by atoms with E-state index >= 15 is 0 Å². The number of carbonyl (C=O) groups is 1. The van der Waals surface area contributed by atoms with Crippen molar-refractivity contribution < 1.29 is 9.53 Å². The Morgan fingerprint density at radius 2 is 2.16 bits per heavy atom. The molecular weight excluding hydrogens is 340 g/mol. The van der Waals surface area contributed by atoms with Gasteiger partial charge in [-0.05, 0) is 17.7 Å². The molecule has 3 aromatic rings. The van der Waals surface area contributed by atoms with Crippen molar-refractivity contribution in [3.63, 3.8) is 0 Å². The lowest BCUT2D eigenvalue weighted by atomic mass is 10.1. The summed E-state index contributed by atoms with van der Waals surface area (Å²) in [5.74, 6) is 0.0872. The van der Waals surface area contributed by atoms with Crippen molar-refractivity contribution in [1.82, 2.24) is 14.8 Å². The Kier molecular flexibility index (Phi) is 4.62. The molecule has 0 bridgehead atoms. The smallest absolute Gasteiger partial charge is 0.269 e. The molecule has 25 heavy (non-hydrogen) atoms. The molecule has 0 unspecified atom stereocenters. The number of nitrogens with zero attached hydrogens (tertiary/aromatic N) is 3. The van der Waals surface area contributed by atoms with Crippen LogP contribution in [0.25, 0.3) is 10.6 Å². The molecule has 2 heterocycles. The normalized spacial score (nSPS) is 10.6. The first-order valence-electron chi connectivity index (χ1n) is 7.44. The number of rotatable bonds is 5. The summed E-state index contributed by atoms with van der Waals surface area (Å²) in [4.78, 5) is 28.8. The summed E-state index contributed by atoms with van der Waals surface area (Å²) in [6.07, 6.45) is 2.39. The molecule has 0 spiro atoms. The first-order chi connectivity index (χ1) is 12.0. The van der Waals surface area contributed by atoms with Gasteiger partial charge in [-0.25, -0.2) is 9.67 Å². The van der Waals surface area contributed by atoms with Crippen LogP contribution in [0.3, 0.4) is 0 Å². The number of benzene rings is 1. The molecule has 7 nitrogen and oxygen atoms in total. The van der Waals surface area contributed by atoms with Crippen LogP contribution in [0.4, 0.5) is 0 Å². The second-order valence-corrected chi connectivity index (χ2v) is 6.51. The third kappa shape index (κ3) is 3.58. The maximum atomic E-state index is 11.9. The van der Waals surface area contributed by atoms with Crippen molar-refractivity contribution in [2.24, 2.45) is 12.8 Å². The minimum Gasteiger partial charge on any atom is -0.497 e. The molecule has 0 aliphatic carbocycles. The van der Waals surface area contributed by atoms with Crippen LogP contribution in [-0.2, 0) is 13.5 Å². The highest BCUT2D eigenvalue weighted by atomic mass is 32.1. The van der Waals surface area contributed by atoms with Crippen LogP contribution in [0, 0.1) is 0 Å². The van der Waals surface area contributed by atoms with Crippen molar-refractivity contribution in [1.29, 1.82) is 0 Å². The van der Waals surface area contributed by atoms with E-state index in [0.29, 0.717) is 17.0 Å². The molecule has 0 atom stereocenters. The molecule has 0 radical (unpaired) electrons. The van der Waals surface area contributed by atoms with Gasteiger partial charge in [0.15, 0.2) is 5.69 Å². The van der Waals surface area contributed by atoms with Crippen molar-refractivity contribution in [2.45, 2.75) is 6.42 Å². The van der Waals surface area contributed by atoms with Gasteiger partial charge in [-0.2, -0.15) is 5.10 Å². The monoisotopic (exact) mass is 356 g/mol.